The molecule has 0 unspecified atom stereocenters. The molecule has 0 bridgehead atoms. The molecular formula is C23H16ClF3N4O3S. The Labute approximate surface area is 205 Å². The first-order valence-corrected chi connectivity index (χ1v) is 11.6. The Morgan fingerprint density at radius 2 is 2.00 bits per heavy atom. The van der Waals surface area contributed by atoms with Crippen LogP contribution in [0, 0.1) is 5.92 Å². The van der Waals surface area contributed by atoms with E-state index in [4.69, 9.17) is 16.7 Å². The second kappa shape index (κ2) is 8.72. The standard InChI is InChI=1S/C23H16ClF3N4O3S/c24-16-3-2-13(17(7-16)23(25,26)27)11-31-18-4-1-12(5-14(18)8-28-31)6-19-20(32)29-22(35-19)30-9-15(10-30)21(33)34/h1-8,15H,9-11H2,(H,33,34). The van der Waals surface area contributed by atoms with E-state index in [1.165, 1.54) is 28.6 Å². The highest BCUT2D eigenvalue weighted by Crippen LogP contribution is 2.35. The minimum absolute atomic E-state index is 0.00588. The van der Waals surface area contributed by atoms with Crippen LogP contribution in [0.4, 0.5) is 13.2 Å². The van der Waals surface area contributed by atoms with Crippen LogP contribution in [0.1, 0.15) is 16.7 Å². The number of carbonyl (C=O) groups is 2. The maximum Gasteiger partial charge on any atom is 0.416 e. The van der Waals surface area contributed by atoms with Gasteiger partial charge in [0, 0.05) is 23.5 Å². The molecule has 5 rings (SSSR count). The molecule has 0 aliphatic carbocycles. The Bertz CT molecular complexity index is 1430. The summed E-state index contributed by atoms with van der Waals surface area (Å²) < 4.78 is 41.8. The molecule has 0 atom stereocenters. The molecule has 180 valence electrons. The molecule has 1 fully saturated rings. The predicted octanol–water partition coefficient (Wildman–Crippen LogP) is 4.74. The third-order valence-corrected chi connectivity index (χ3v) is 7.05. The SMILES string of the molecule is O=C1N=C(N2CC(C(=O)O)C2)SC1=Cc1ccc2c(cnn2Cc2ccc(Cl)cc2C(F)(F)F)c1. The zero-order valence-corrected chi connectivity index (χ0v) is 19.4. The number of aliphatic carboxylic acids is 1. The molecule has 3 aromatic rings. The number of alkyl halides is 3. The van der Waals surface area contributed by atoms with Crippen LogP contribution in [0.15, 0.2) is 52.5 Å². The molecule has 2 aromatic carbocycles. The third-order valence-electron chi connectivity index (χ3n) is 5.77. The number of hydrogen-bond donors (Lipinski definition) is 1. The van der Waals surface area contributed by atoms with Gasteiger partial charge in [0.25, 0.3) is 5.91 Å². The number of amides is 1. The molecule has 1 amide bonds. The summed E-state index contributed by atoms with van der Waals surface area (Å²) in [6, 6.07) is 8.92. The monoisotopic (exact) mass is 520 g/mol. The van der Waals surface area contributed by atoms with Gasteiger partial charge in [-0.05, 0) is 53.2 Å². The summed E-state index contributed by atoms with van der Waals surface area (Å²) in [5, 5.41) is 14.4. The molecule has 12 heteroatoms. The quantitative estimate of drug-likeness (QED) is 0.500. The fourth-order valence-corrected chi connectivity index (χ4v) is 5.01. The number of halogens is 4. The summed E-state index contributed by atoms with van der Waals surface area (Å²) >= 11 is 6.95. The van der Waals surface area contributed by atoms with E-state index in [-0.39, 0.29) is 17.1 Å². The van der Waals surface area contributed by atoms with Crippen molar-refractivity contribution in [3.63, 3.8) is 0 Å². The van der Waals surface area contributed by atoms with Crippen molar-refractivity contribution < 1.29 is 27.9 Å². The van der Waals surface area contributed by atoms with Gasteiger partial charge in [-0.15, -0.1) is 0 Å². The zero-order valence-electron chi connectivity index (χ0n) is 17.8. The molecule has 3 heterocycles. The van der Waals surface area contributed by atoms with Crippen molar-refractivity contribution in [1.82, 2.24) is 14.7 Å². The highest BCUT2D eigenvalue weighted by molar-refractivity contribution is 8.18. The Morgan fingerprint density at radius 3 is 2.71 bits per heavy atom. The first kappa shape index (κ1) is 23.4. The maximum absolute atomic E-state index is 13.4. The Hall–Kier alpha value is -3.31. The lowest BCUT2D eigenvalue weighted by Crippen LogP contribution is -2.51. The number of thioether (sulfide) groups is 1. The Balaban J connectivity index is 1.34. The van der Waals surface area contributed by atoms with Crippen LogP contribution in [-0.4, -0.2) is 49.9 Å². The summed E-state index contributed by atoms with van der Waals surface area (Å²) in [6.07, 6.45) is -1.31. The number of fused-ring (bicyclic) bond motifs is 1. The molecule has 35 heavy (non-hydrogen) atoms. The number of benzene rings is 2. The van der Waals surface area contributed by atoms with Gasteiger partial charge in [-0.2, -0.15) is 23.3 Å². The summed E-state index contributed by atoms with van der Waals surface area (Å²) in [6.45, 7) is 0.543. The number of hydrogen-bond acceptors (Lipinski definition) is 5. The number of carboxylic acid groups (broad SMARTS) is 1. The van der Waals surface area contributed by atoms with Gasteiger partial charge >= 0.3 is 12.1 Å². The molecule has 0 spiro atoms. The summed E-state index contributed by atoms with van der Waals surface area (Å²) in [4.78, 5) is 29.5. The van der Waals surface area contributed by atoms with Crippen molar-refractivity contribution in [2.45, 2.75) is 12.7 Å². The molecule has 2 aliphatic heterocycles. The average Bonchev–Trinajstić information content (AvgIpc) is 3.30. The van der Waals surface area contributed by atoms with E-state index in [2.05, 4.69) is 10.1 Å². The number of carboxylic acids is 1. The molecule has 2 aliphatic rings. The lowest BCUT2D eigenvalue weighted by atomic mass is 10.0. The van der Waals surface area contributed by atoms with Crippen molar-refractivity contribution in [1.29, 1.82) is 0 Å². The molecular weight excluding hydrogens is 505 g/mol. The van der Waals surface area contributed by atoms with Crippen LogP contribution < -0.4 is 0 Å². The van der Waals surface area contributed by atoms with E-state index < -0.39 is 29.5 Å². The van der Waals surface area contributed by atoms with E-state index in [0.29, 0.717) is 39.6 Å². The predicted molar refractivity (Wildman–Crippen MR) is 126 cm³/mol. The van der Waals surface area contributed by atoms with Gasteiger partial charge in [0.05, 0.1) is 34.6 Å². The van der Waals surface area contributed by atoms with E-state index >= 15 is 0 Å². The molecule has 1 aromatic heterocycles. The smallest absolute Gasteiger partial charge is 0.416 e. The minimum Gasteiger partial charge on any atom is -0.481 e. The number of nitrogens with zero attached hydrogens (tertiary/aromatic N) is 4. The van der Waals surface area contributed by atoms with Crippen molar-refractivity contribution in [3.05, 3.63) is 69.2 Å². The topological polar surface area (TPSA) is 87.8 Å². The van der Waals surface area contributed by atoms with E-state index in [1.54, 1.807) is 35.4 Å². The summed E-state index contributed by atoms with van der Waals surface area (Å²) in [7, 11) is 0. The van der Waals surface area contributed by atoms with Crippen LogP contribution in [0.5, 0.6) is 0 Å². The Morgan fingerprint density at radius 1 is 1.23 bits per heavy atom. The van der Waals surface area contributed by atoms with Crippen LogP contribution in [-0.2, 0) is 22.3 Å². The number of amidine groups is 1. The van der Waals surface area contributed by atoms with Gasteiger partial charge in [0.15, 0.2) is 5.17 Å². The molecule has 0 saturated carbocycles. The van der Waals surface area contributed by atoms with Gasteiger partial charge in [0.2, 0.25) is 0 Å². The first-order valence-electron chi connectivity index (χ1n) is 10.4. The fourth-order valence-electron chi connectivity index (χ4n) is 3.91. The number of carbonyl (C=O) groups excluding carboxylic acids is 1. The van der Waals surface area contributed by atoms with Crippen LogP contribution in [0.3, 0.4) is 0 Å². The van der Waals surface area contributed by atoms with Crippen molar-refractivity contribution in [2.75, 3.05) is 13.1 Å². The van der Waals surface area contributed by atoms with E-state index in [0.717, 1.165) is 6.07 Å². The largest absolute Gasteiger partial charge is 0.481 e. The normalized spacial score (nSPS) is 17.8. The second-order valence-corrected chi connectivity index (χ2v) is 9.62. The van der Waals surface area contributed by atoms with Crippen molar-refractivity contribution in [3.8, 4) is 0 Å². The third kappa shape index (κ3) is 4.65. The van der Waals surface area contributed by atoms with Gasteiger partial charge in [-0.3, -0.25) is 14.3 Å². The van der Waals surface area contributed by atoms with Crippen LogP contribution in [0.25, 0.3) is 17.0 Å². The molecule has 1 N–H and O–H groups in total. The van der Waals surface area contributed by atoms with Gasteiger partial charge in [-0.1, -0.05) is 23.7 Å². The lowest BCUT2D eigenvalue weighted by molar-refractivity contribution is -0.145. The van der Waals surface area contributed by atoms with Crippen LogP contribution >= 0.6 is 23.4 Å². The summed E-state index contributed by atoms with van der Waals surface area (Å²) in [5.74, 6) is -1.73. The zero-order chi connectivity index (χ0) is 24.9. The highest BCUT2D eigenvalue weighted by atomic mass is 35.5. The van der Waals surface area contributed by atoms with Gasteiger partial charge in [-0.25, -0.2) is 0 Å². The molecule has 1 saturated heterocycles. The number of likely N-dealkylation sites (tertiary alicyclic amines) is 1. The number of aliphatic imine (C=N–C) groups is 1. The fraction of sp³-hybridized carbons (Fsp3) is 0.217. The summed E-state index contributed by atoms with van der Waals surface area (Å²) in [5.41, 5.74) is 0.586. The lowest BCUT2D eigenvalue weighted by Gasteiger charge is -2.37. The van der Waals surface area contributed by atoms with Gasteiger partial charge in [0.1, 0.15) is 0 Å². The van der Waals surface area contributed by atoms with E-state index in [1.807, 2.05) is 0 Å². The number of rotatable bonds is 4. The highest BCUT2D eigenvalue weighted by Gasteiger charge is 2.38. The van der Waals surface area contributed by atoms with Crippen molar-refractivity contribution >= 4 is 57.4 Å². The van der Waals surface area contributed by atoms with Crippen molar-refractivity contribution in [2.24, 2.45) is 10.9 Å². The molecule has 0 radical (unpaired) electrons. The Kier molecular flexibility index (Phi) is 5.84. The number of aromatic nitrogens is 2. The molecule has 7 nitrogen and oxygen atoms in total. The minimum atomic E-state index is -4.54. The maximum atomic E-state index is 13.4. The van der Waals surface area contributed by atoms with Gasteiger partial charge < -0.3 is 10.0 Å². The van der Waals surface area contributed by atoms with E-state index in [9.17, 15) is 22.8 Å². The van der Waals surface area contributed by atoms with Crippen LogP contribution in [0.2, 0.25) is 5.02 Å². The average molecular weight is 521 g/mol. The first-order chi connectivity index (χ1) is 16.6. The second-order valence-electron chi connectivity index (χ2n) is 8.17.